The summed E-state index contributed by atoms with van der Waals surface area (Å²) in [6.45, 7) is 0.808. The number of fused-ring (bicyclic) bond motifs is 1. The van der Waals surface area contributed by atoms with E-state index in [1.807, 2.05) is 30.3 Å². The first-order valence-electron chi connectivity index (χ1n) is 5.90. The highest BCUT2D eigenvalue weighted by molar-refractivity contribution is 9.10. The smallest absolute Gasteiger partial charge is 0.231 e. The van der Waals surface area contributed by atoms with E-state index in [1.165, 1.54) is 0 Å². The van der Waals surface area contributed by atoms with Gasteiger partial charge in [-0.2, -0.15) is 0 Å². The molecule has 6 heteroatoms. The maximum atomic E-state index is 6.16. The molecule has 1 N–H and O–H groups in total. The van der Waals surface area contributed by atoms with Crippen LogP contribution in [-0.2, 0) is 6.54 Å². The van der Waals surface area contributed by atoms with Crippen molar-refractivity contribution >= 4 is 44.8 Å². The van der Waals surface area contributed by atoms with Crippen molar-refractivity contribution in [3.8, 4) is 11.5 Å². The maximum absolute atomic E-state index is 6.16. The Hall–Kier alpha value is -1.10. The van der Waals surface area contributed by atoms with Crippen LogP contribution in [0.3, 0.4) is 0 Å². The van der Waals surface area contributed by atoms with E-state index in [0.29, 0.717) is 28.1 Å². The Morgan fingerprint density at radius 3 is 2.75 bits per heavy atom. The number of benzene rings is 2. The molecule has 1 aliphatic rings. The molecule has 1 aliphatic heterocycles. The van der Waals surface area contributed by atoms with E-state index < -0.39 is 0 Å². The summed E-state index contributed by atoms with van der Waals surface area (Å²) in [5, 5.41) is 4.48. The van der Waals surface area contributed by atoms with Gasteiger partial charge in [0, 0.05) is 11.0 Å². The number of nitrogens with one attached hydrogen (secondary N) is 1. The molecule has 0 saturated carbocycles. The molecule has 0 fully saturated rings. The van der Waals surface area contributed by atoms with Crippen molar-refractivity contribution < 1.29 is 9.47 Å². The lowest BCUT2D eigenvalue weighted by molar-refractivity contribution is 0.174. The standard InChI is InChI=1S/C14H10BrCl2NO2/c15-9-1-2-12(10(16)5-9)18-6-8-3-11(17)14-13(4-8)19-7-20-14/h1-5,18H,6-7H2. The van der Waals surface area contributed by atoms with Crippen LogP contribution in [0.5, 0.6) is 11.5 Å². The number of hydrogen-bond acceptors (Lipinski definition) is 3. The van der Waals surface area contributed by atoms with E-state index in [9.17, 15) is 0 Å². The van der Waals surface area contributed by atoms with Crippen LogP contribution < -0.4 is 14.8 Å². The fraction of sp³-hybridized carbons (Fsp3) is 0.143. The van der Waals surface area contributed by atoms with E-state index in [2.05, 4.69) is 21.2 Å². The summed E-state index contributed by atoms with van der Waals surface area (Å²) in [6.07, 6.45) is 0. The summed E-state index contributed by atoms with van der Waals surface area (Å²) >= 11 is 15.7. The highest BCUT2D eigenvalue weighted by Crippen LogP contribution is 2.40. The second kappa shape index (κ2) is 5.72. The third kappa shape index (κ3) is 2.82. The van der Waals surface area contributed by atoms with E-state index in [0.717, 1.165) is 15.7 Å². The summed E-state index contributed by atoms with van der Waals surface area (Å²) in [7, 11) is 0. The molecule has 104 valence electrons. The first kappa shape index (κ1) is 13.9. The van der Waals surface area contributed by atoms with Gasteiger partial charge in [-0.3, -0.25) is 0 Å². The SMILES string of the molecule is Clc1cc(Br)ccc1NCc1cc(Cl)c2c(c1)OCO2. The van der Waals surface area contributed by atoms with Crippen LogP contribution in [0.4, 0.5) is 5.69 Å². The molecule has 3 nitrogen and oxygen atoms in total. The zero-order valence-corrected chi connectivity index (χ0v) is 13.3. The summed E-state index contributed by atoms with van der Waals surface area (Å²) in [5.74, 6) is 1.29. The van der Waals surface area contributed by atoms with Gasteiger partial charge in [-0.05, 0) is 35.9 Å². The van der Waals surface area contributed by atoms with Crippen molar-refractivity contribution in [2.75, 3.05) is 12.1 Å². The molecule has 20 heavy (non-hydrogen) atoms. The van der Waals surface area contributed by atoms with Gasteiger partial charge in [0.15, 0.2) is 11.5 Å². The molecular weight excluding hydrogens is 365 g/mol. The molecule has 0 amide bonds. The number of anilines is 1. The molecule has 0 atom stereocenters. The molecule has 1 heterocycles. The third-order valence-corrected chi connectivity index (χ3v) is 3.99. The zero-order valence-electron chi connectivity index (χ0n) is 10.3. The number of rotatable bonds is 3. The van der Waals surface area contributed by atoms with Crippen LogP contribution in [0.2, 0.25) is 10.0 Å². The van der Waals surface area contributed by atoms with Crippen LogP contribution in [0.1, 0.15) is 5.56 Å². The first-order valence-corrected chi connectivity index (χ1v) is 7.45. The molecular formula is C14H10BrCl2NO2. The van der Waals surface area contributed by atoms with Crippen molar-refractivity contribution in [2.24, 2.45) is 0 Å². The molecule has 0 bridgehead atoms. The molecule has 0 aliphatic carbocycles. The molecule has 0 radical (unpaired) electrons. The van der Waals surface area contributed by atoms with E-state index in [4.69, 9.17) is 32.7 Å². The maximum Gasteiger partial charge on any atom is 0.231 e. The normalized spacial score (nSPS) is 12.6. The summed E-state index contributed by atoms with van der Waals surface area (Å²) in [5.41, 5.74) is 1.86. The van der Waals surface area contributed by atoms with Gasteiger partial charge in [0.05, 0.1) is 15.7 Å². The average Bonchev–Trinajstić information content (AvgIpc) is 2.86. The monoisotopic (exact) mass is 373 g/mol. The zero-order chi connectivity index (χ0) is 14.1. The molecule has 0 saturated heterocycles. The van der Waals surface area contributed by atoms with Crippen molar-refractivity contribution in [3.05, 3.63) is 50.4 Å². The fourth-order valence-electron chi connectivity index (χ4n) is 1.95. The molecule has 0 aromatic heterocycles. The van der Waals surface area contributed by atoms with Crippen molar-refractivity contribution in [1.82, 2.24) is 0 Å². The highest BCUT2D eigenvalue weighted by atomic mass is 79.9. The van der Waals surface area contributed by atoms with Crippen molar-refractivity contribution in [3.63, 3.8) is 0 Å². The van der Waals surface area contributed by atoms with Crippen LogP contribution in [-0.4, -0.2) is 6.79 Å². The quantitative estimate of drug-likeness (QED) is 0.810. The second-order valence-corrected chi connectivity index (χ2v) is 6.02. The predicted molar refractivity (Wildman–Crippen MR) is 84.1 cm³/mol. The Kier molecular flexibility index (Phi) is 3.96. The van der Waals surface area contributed by atoms with E-state index in [1.54, 1.807) is 0 Å². The first-order chi connectivity index (χ1) is 9.63. The minimum atomic E-state index is 0.213. The molecule has 3 rings (SSSR count). The van der Waals surface area contributed by atoms with Crippen LogP contribution in [0, 0.1) is 0 Å². The molecule has 0 unspecified atom stereocenters. The van der Waals surface area contributed by atoms with Gasteiger partial charge in [-0.1, -0.05) is 39.1 Å². The van der Waals surface area contributed by atoms with Crippen molar-refractivity contribution in [2.45, 2.75) is 6.54 Å². The number of hydrogen-bond donors (Lipinski definition) is 1. The molecule has 2 aromatic rings. The molecule has 2 aromatic carbocycles. The van der Waals surface area contributed by atoms with Crippen LogP contribution in [0.15, 0.2) is 34.8 Å². The Morgan fingerprint density at radius 1 is 1.10 bits per heavy atom. The topological polar surface area (TPSA) is 30.5 Å². The van der Waals surface area contributed by atoms with Gasteiger partial charge in [0.25, 0.3) is 0 Å². The number of halogens is 3. The highest BCUT2D eigenvalue weighted by Gasteiger charge is 2.18. The third-order valence-electron chi connectivity index (χ3n) is 2.90. The van der Waals surface area contributed by atoms with E-state index in [-0.39, 0.29) is 6.79 Å². The predicted octanol–water partition coefficient (Wildman–Crippen LogP) is 5.10. The minimum absolute atomic E-state index is 0.213. The molecule has 0 spiro atoms. The summed E-state index contributed by atoms with van der Waals surface area (Å²) in [4.78, 5) is 0. The second-order valence-electron chi connectivity index (χ2n) is 4.29. The minimum Gasteiger partial charge on any atom is -0.454 e. The van der Waals surface area contributed by atoms with Crippen LogP contribution >= 0.6 is 39.1 Å². The van der Waals surface area contributed by atoms with Gasteiger partial charge in [0.2, 0.25) is 6.79 Å². The fourth-order valence-corrected chi connectivity index (χ4v) is 2.98. The average molecular weight is 375 g/mol. The van der Waals surface area contributed by atoms with Gasteiger partial charge in [0.1, 0.15) is 0 Å². The largest absolute Gasteiger partial charge is 0.454 e. The van der Waals surface area contributed by atoms with Crippen molar-refractivity contribution in [1.29, 1.82) is 0 Å². The Balaban J connectivity index is 1.77. The lowest BCUT2D eigenvalue weighted by Crippen LogP contribution is -2.00. The summed E-state index contributed by atoms with van der Waals surface area (Å²) in [6, 6.07) is 9.46. The Morgan fingerprint density at radius 2 is 1.95 bits per heavy atom. The van der Waals surface area contributed by atoms with E-state index >= 15 is 0 Å². The Labute approximate surface area is 134 Å². The number of ether oxygens (including phenoxy) is 2. The lowest BCUT2D eigenvalue weighted by Gasteiger charge is -2.10. The van der Waals surface area contributed by atoms with Gasteiger partial charge in [-0.15, -0.1) is 0 Å². The Bertz CT molecular complexity index is 664. The van der Waals surface area contributed by atoms with Gasteiger partial charge < -0.3 is 14.8 Å². The van der Waals surface area contributed by atoms with Gasteiger partial charge >= 0.3 is 0 Å². The summed E-state index contributed by atoms with van der Waals surface area (Å²) < 4.78 is 11.6. The van der Waals surface area contributed by atoms with Crippen LogP contribution in [0.25, 0.3) is 0 Å². The van der Waals surface area contributed by atoms with Gasteiger partial charge in [-0.25, -0.2) is 0 Å². The lowest BCUT2D eigenvalue weighted by atomic mass is 10.2.